The molecule has 0 amide bonds. The van der Waals surface area contributed by atoms with E-state index in [2.05, 4.69) is 5.32 Å². The van der Waals surface area contributed by atoms with Crippen molar-refractivity contribution in [2.45, 2.75) is 19.4 Å². The van der Waals surface area contributed by atoms with Crippen molar-refractivity contribution >= 4 is 11.7 Å². The number of esters is 1. The Labute approximate surface area is 94.6 Å². The third-order valence-electron chi connectivity index (χ3n) is 2.41. The summed E-state index contributed by atoms with van der Waals surface area (Å²) in [6.45, 7) is 2.72. The molecule has 1 heterocycles. The van der Waals surface area contributed by atoms with Gasteiger partial charge in [-0.1, -0.05) is 12.1 Å². The third-order valence-corrected chi connectivity index (χ3v) is 2.41. The van der Waals surface area contributed by atoms with Crippen LogP contribution in [0.5, 0.6) is 5.75 Å². The predicted octanol–water partition coefficient (Wildman–Crippen LogP) is 1.81. The average molecular weight is 221 g/mol. The van der Waals surface area contributed by atoms with Crippen LogP contribution in [0, 0.1) is 0 Å². The van der Waals surface area contributed by atoms with Gasteiger partial charge in [0.05, 0.1) is 24.8 Å². The van der Waals surface area contributed by atoms with Crippen LogP contribution in [-0.2, 0) is 9.53 Å². The summed E-state index contributed by atoms with van der Waals surface area (Å²) in [5, 5.41) is 3.26. The SMILES string of the molecule is CCOC(=O)C[C@@H]1COc2ccccc2N1. The molecule has 2 rings (SSSR count). The van der Waals surface area contributed by atoms with Gasteiger partial charge < -0.3 is 14.8 Å². The van der Waals surface area contributed by atoms with E-state index in [1.165, 1.54) is 0 Å². The number of nitrogens with one attached hydrogen (secondary N) is 1. The number of rotatable bonds is 3. The Morgan fingerprint density at radius 3 is 3.19 bits per heavy atom. The fourth-order valence-electron chi connectivity index (χ4n) is 1.69. The summed E-state index contributed by atoms with van der Waals surface area (Å²) in [5.74, 6) is 0.644. The molecule has 4 heteroatoms. The van der Waals surface area contributed by atoms with Crippen LogP contribution in [0.3, 0.4) is 0 Å². The summed E-state index contributed by atoms with van der Waals surface area (Å²) >= 11 is 0. The molecule has 0 saturated carbocycles. The molecule has 86 valence electrons. The normalized spacial score (nSPS) is 17.9. The molecule has 1 aliphatic heterocycles. The van der Waals surface area contributed by atoms with Crippen molar-refractivity contribution in [3.63, 3.8) is 0 Å². The van der Waals surface area contributed by atoms with E-state index in [-0.39, 0.29) is 12.0 Å². The van der Waals surface area contributed by atoms with E-state index < -0.39 is 0 Å². The number of para-hydroxylation sites is 2. The Hall–Kier alpha value is -1.71. The average Bonchev–Trinajstić information content (AvgIpc) is 2.29. The van der Waals surface area contributed by atoms with Crippen molar-refractivity contribution in [2.24, 2.45) is 0 Å². The molecule has 1 aliphatic rings. The van der Waals surface area contributed by atoms with Crippen LogP contribution < -0.4 is 10.1 Å². The number of anilines is 1. The molecule has 0 spiro atoms. The van der Waals surface area contributed by atoms with E-state index in [1.54, 1.807) is 6.92 Å². The zero-order valence-electron chi connectivity index (χ0n) is 9.23. The second-order valence-corrected chi connectivity index (χ2v) is 3.66. The topological polar surface area (TPSA) is 47.6 Å². The summed E-state index contributed by atoms with van der Waals surface area (Å²) in [6.07, 6.45) is 0.335. The summed E-state index contributed by atoms with van der Waals surface area (Å²) in [7, 11) is 0. The van der Waals surface area contributed by atoms with Crippen LogP contribution in [0.1, 0.15) is 13.3 Å². The molecule has 0 radical (unpaired) electrons. The monoisotopic (exact) mass is 221 g/mol. The van der Waals surface area contributed by atoms with Crippen molar-refractivity contribution in [1.82, 2.24) is 0 Å². The minimum absolute atomic E-state index is 0.00560. The van der Waals surface area contributed by atoms with Gasteiger partial charge in [0.15, 0.2) is 0 Å². The molecule has 16 heavy (non-hydrogen) atoms. The number of fused-ring (bicyclic) bond motifs is 1. The molecule has 1 atom stereocenters. The summed E-state index contributed by atoms with van der Waals surface area (Å²) in [4.78, 5) is 11.3. The van der Waals surface area contributed by atoms with Crippen LogP contribution >= 0.6 is 0 Å². The minimum atomic E-state index is -0.192. The van der Waals surface area contributed by atoms with Gasteiger partial charge in [0.25, 0.3) is 0 Å². The first-order chi connectivity index (χ1) is 7.79. The molecule has 1 N–H and O–H groups in total. The van der Waals surface area contributed by atoms with Crippen molar-refractivity contribution in [3.05, 3.63) is 24.3 Å². The van der Waals surface area contributed by atoms with Gasteiger partial charge in [-0.05, 0) is 19.1 Å². The van der Waals surface area contributed by atoms with E-state index in [0.717, 1.165) is 11.4 Å². The number of hydrogen-bond donors (Lipinski definition) is 1. The molecule has 0 saturated heterocycles. The Bertz CT molecular complexity index is 378. The fourth-order valence-corrected chi connectivity index (χ4v) is 1.69. The highest BCUT2D eigenvalue weighted by molar-refractivity contribution is 5.71. The van der Waals surface area contributed by atoms with Gasteiger partial charge in [0.2, 0.25) is 0 Å². The Balaban J connectivity index is 1.95. The first kappa shape index (κ1) is 10.8. The molecular formula is C12H15NO3. The molecule has 0 fully saturated rings. The van der Waals surface area contributed by atoms with E-state index >= 15 is 0 Å². The number of carbonyl (C=O) groups excluding carboxylic acids is 1. The maximum absolute atomic E-state index is 11.3. The van der Waals surface area contributed by atoms with Crippen molar-refractivity contribution in [1.29, 1.82) is 0 Å². The van der Waals surface area contributed by atoms with E-state index in [4.69, 9.17) is 9.47 Å². The van der Waals surface area contributed by atoms with Crippen LogP contribution in [0.15, 0.2) is 24.3 Å². The van der Waals surface area contributed by atoms with Crippen LogP contribution in [-0.4, -0.2) is 25.2 Å². The van der Waals surface area contributed by atoms with Crippen molar-refractivity contribution in [2.75, 3.05) is 18.5 Å². The molecule has 4 nitrogen and oxygen atoms in total. The first-order valence-corrected chi connectivity index (χ1v) is 5.43. The quantitative estimate of drug-likeness (QED) is 0.791. The Kier molecular flexibility index (Phi) is 3.29. The second-order valence-electron chi connectivity index (χ2n) is 3.66. The highest BCUT2D eigenvalue weighted by Gasteiger charge is 2.21. The largest absolute Gasteiger partial charge is 0.489 e. The zero-order chi connectivity index (χ0) is 11.4. The lowest BCUT2D eigenvalue weighted by Crippen LogP contribution is -2.33. The highest BCUT2D eigenvalue weighted by Crippen LogP contribution is 2.28. The molecular weight excluding hydrogens is 206 g/mol. The first-order valence-electron chi connectivity index (χ1n) is 5.43. The van der Waals surface area contributed by atoms with Crippen LogP contribution in [0.25, 0.3) is 0 Å². The van der Waals surface area contributed by atoms with Gasteiger partial charge in [-0.15, -0.1) is 0 Å². The molecule has 0 bridgehead atoms. The smallest absolute Gasteiger partial charge is 0.307 e. The maximum Gasteiger partial charge on any atom is 0.307 e. The third kappa shape index (κ3) is 2.45. The lowest BCUT2D eigenvalue weighted by Gasteiger charge is -2.26. The lowest BCUT2D eigenvalue weighted by molar-refractivity contribution is -0.143. The zero-order valence-corrected chi connectivity index (χ0v) is 9.23. The van der Waals surface area contributed by atoms with E-state index in [0.29, 0.717) is 19.6 Å². The lowest BCUT2D eigenvalue weighted by atomic mass is 10.1. The molecule has 0 unspecified atom stereocenters. The Morgan fingerprint density at radius 2 is 2.38 bits per heavy atom. The van der Waals surface area contributed by atoms with Crippen molar-refractivity contribution < 1.29 is 14.3 Å². The Morgan fingerprint density at radius 1 is 1.56 bits per heavy atom. The number of carbonyl (C=O) groups is 1. The standard InChI is InChI=1S/C12H15NO3/c1-2-15-12(14)7-9-8-16-11-6-4-3-5-10(11)13-9/h3-6,9,13H,2,7-8H2,1H3/t9-/m1/s1. The molecule has 0 aliphatic carbocycles. The van der Waals surface area contributed by atoms with E-state index in [9.17, 15) is 4.79 Å². The predicted molar refractivity (Wildman–Crippen MR) is 60.6 cm³/mol. The van der Waals surface area contributed by atoms with Gasteiger partial charge in [-0.25, -0.2) is 0 Å². The molecule has 1 aromatic carbocycles. The van der Waals surface area contributed by atoms with Gasteiger partial charge in [0, 0.05) is 0 Å². The van der Waals surface area contributed by atoms with Gasteiger partial charge >= 0.3 is 5.97 Å². The van der Waals surface area contributed by atoms with Crippen molar-refractivity contribution in [3.8, 4) is 5.75 Å². The van der Waals surface area contributed by atoms with Crippen LogP contribution in [0.2, 0.25) is 0 Å². The number of ether oxygens (including phenoxy) is 2. The van der Waals surface area contributed by atoms with E-state index in [1.807, 2.05) is 24.3 Å². The molecule has 1 aromatic rings. The van der Waals surface area contributed by atoms with Crippen LogP contribution in [0.4, 0.5) is 5.69 Å². The number of benzene rings is 1. The summed E-state index contributed by atoms with van der Waals surface area (Å²) in [6, 6.07) is 7.69. The second kappa shape index (κ2) is 4.88. The van der Waals surface area contributed by atoms with Gasteiger partial charge in [0.1, 0.15) is 12.4 Å². The fraction of sp³-hybridized carbons (Fsp3) is 0.417. The maximum atomic E-state index is 11.3. The van der Waals surface area contributed by atoms with Gasteiger partial charge in [-0.2, -0.15) is 0 Å². The minimum Gasteiger partial charge on any atom is -0.489 e. The highest BCUT2D eigenvalue weighted by atomic mass is 16.5. The number of hydrogen-bond acceptors (Lipinski definition) is 4. The van der Waals surface area contributed by atoms with Gasteiger partial charge in [-0.3, -0.25) is 4.79 Å². The summed E-state index contributed by atoms with van der Waals surface area (Å²) in [5.41, 5.74) is 0.933. The molecule has 0 aromatic heterocycles. The summed E-state index contributed by atoms with van der Waals surface area (Å²) < 4.78 is 10.4.